The van der Waals surface area contributed by atoms with E-state index in [1.54, 1.807) is 0 Å². The van der Waals surface area contributed by atoms with Crippen LogP contribution in [0.5, 0.6) is 0 Å². The van der Waals surface area contributed by atoms with Gasteiger partial charge in [0.1, 0.15) is 0 Å². The smallest absolute Gasteiger partial charge is 0.151 e. The summed E-state index contributed by atoms with van der Waals surface area (Å²) in [6, 6.07) is 4.66. The average Bonchev–Trinajstić information content (AvgIpc) is 2.30. The number of hydrogen-bond donors (Lipinski definition) is 1. The number of piperidine rings is 1. The van der Waals surface area contributed by atoms with Gasteiger partial charge in [0.05, 0.1) is 5.69 Å². The number of nitrogens with one attached hydrogen (secondary N) is 1. The Kier molecular flexibility index (Phi) is 4.96. The predicted molar refractivity (Wildman–Crippen MR) is 68.3 cm³/mol. The molecule has 5 heteroatoms. The molecule has 0 atom stereocenters. The highest BCUT2D eigenvalue weighted by Crippen LogP contribution is 2.16. The molecule has 0 radical (unpaired) electrons. The van der Waals surface area contributed by atoms with Crippen LogP contribution in [0.1, 0.15) is 18.5 Å². The molecule has 90 valence electrons. The lowest BCUT2D eigenvalue weighted by Crippen LogP contribution is -2.41. The van der Waals surface area contributed by atoms with Crippen molar-refractivity contribution < 1.29 is 0 Å². The van der Waals surface area contributed by atoms with Crippen LogP contribution in [0.3, 0.4) is 0 Å². The van der Waals surface area contributed by atoms with Gasteiger partial charge in [-0.15, -0.1) is 17.5 Å². The van der Waals surface area contributed by atoms with Gasteiger partial charge in [-0.05, 0) is 45.0 Å². The Morgan fingerprint density at radius 2 is 1.94 bits per heavy atom. The standard InChI is InChI=1S/C11H18N4.ClH/c1-9-3-4-11(14-13-9)15(2)10-5-7-12-8-6-10;/h3-4,10,12H,5-8H2,1-2H3;1H. The molecule has 1 aromatic heterocycles. The molecule has 0 saturated carbocycles. The maximum atomic E-state index is 4.21. The molecule has 1 aliphatic rings. The van der Waals surface area contributed by atoms with Crippen LogP contribution in [0.2, 0.25) is 0 Å². The fourth-order valence-corrected chi connectivity index (χ4v) is 1.96. The van der Waals surface area contributed by atoms with Gasteiger partial charge in [0.15, 0.2) is 5.82 Å². The van der Waals surface area contributed by atoms with Gasteiger partial charge in [-0.3, -0.25) is 0 Å². The normalized spacial score (nSPS) is 16.6. The lowest BCUT2D eigenvalue weighted by Gasteiger charge is -2.32. The lowest BCUT2D eigenvalue weighted by atomic mass is 10.1. The van der Waals surface area contributed by atoms with Crippen LogP contribution in [0.25, 0.3) is 0 Å². The Morgan fingerprint density at radius 3 is 2.50 bits per heavy atom. The molecule has 2 heterocycles. The fraction of sp³-hybridized carbons (Fsp3) is 0.636. The molecule has 16 heavy (non-hydrogen) atoms. The van der Waals surface area contributed by atoms with Crippen LogP contribution in [-0.4, -0.2) is 36.4 Å². The van der Waals surface area contributed by atoms with Gasteiger partial charge >= 0.3 is 0 Å². The molecule has 0 aliphatic carbocycles. The van der Waals surface area contributed by atoms with Crippen LogP contribution in [0.15, 0.2) is 12.1 Å². The number of anilines is 1. The molecule has 0 aromatic carbocycles. The van der Waals surface area contributed by atoms with Crippen molar-refractivity contribution in [3.8, 4) is 0 Å². The number of hydrogen-bond acceptors (Lipinski definition) is 4. The first kappa shape index (κ1) is 13.2. The summed E-state index contributed by atoms with van der Waals surface area (Å²) in [6.07, 6.45) is 2.37. The van der Waals surface area contributed by atoms with Crippen molar-refractivity contribution in [2.45, 2.75) is 25.8 Å². The van der Waals surface area contributed by atoms with Crippen LogP contribution in [0, 0.1) is 6.92 Å². The van der Waals surface area contributed by atoms with E-state index in [9.17, 15) is 0 Å². The fourth-order valence-electron chi connectivity index (χ4n) is 1.96. The van der Waals surface area contributed by atoms with Crippen molar-refractivity contribution in [2.24, 2.45) is 0 Å². The monoisotopic (exact) mass is 242 g/mol. The molecule has 1 fully saturated rings. The van der Waals surface area contributed by atoms with Gasteiger partial charge in [-0.25, -0.2) is 0 Å². The van der Waals surface area contributed by atoms with E-state index in [-0.39, 0.29) is 12.4 Å². The topological polar surface area (TPSA) is 41.0 Å². The SMILES string of the molecule is Cc1ccc(N(C)C2CCNCC2)nn1.Cl. The third-order valence-electron chi connectivity index (χ3n) is 3.00. The molecule has 0 amide bonds. The minimum absolute atomic E-state index is 0. The zero-order chi connectivity index (χ0) is 10.7. The van der Waals surface area contributed by atoms with Gasteiger partial charge in [0, 0.05) is 13.1 Å². The zero-order valence-electron chi connectivity index (χ0n) is 9.81. The molecule has 1 aromatic rings. The van der Waals surface area contributed by atoms with Gasteiger partial charge in [0.25, 0.3) is 0 Å². The van der Waals surface area contributed by atoms with E-state index in [4.69, 9.17) is 0 Å². The summed E-state index contributed by atoms with van der Waals surface area (Å²) in [4.78, 5) is 2.24. The van der Waals surface area contributed by atoms with Crippen molar-refractivity contribution >= 4 is 18.2 Å². The summed E-state index contributed by atoms with van der Waals surface area (Å²) in [7, 11) is 2.11. The maximum Gasteiger partial charge on any atom is 0.151 e. The van der Waals surface area contributed by atoms with Crippen LogP contribution < -0.4 is 10.2 Å². The third kappa shape index (κ3) is 3.06. The molecule has 1 N–H and O–H groups in total. The Morgan fingerprint density at radius 1 is 1.25 bits per heavy atom. The van der Waals surface area contributed by atoms with Crippen molar-refractivity contribution in [1.82, 2.24) is 15.5 Å². The lowest BCUT2D eigenvalue weighted by molar-refractivity contribution is 0.441. The molecule has 4 nitrogen and oxygen atoms in total. The molecule has 0 unspecified atom stereocenters. The zero-order valence-corrected chi connectivity index (χ0v) is 10.6. The minimum atomic E-state index is 0. The Hall–Kier alpha value is -0.870. The van der Waals surface area contributed by atoms with Gasteiger partial charge in [-0.1, -0.05) is 0 Å². The molecule has 0 spiro atoms. The molecule has 1 aliphatic heterocycles. The number of nitrogens with zero attached hydrogens (tertiary/aromatic N) is 3. The second-order valence-corrected chi connectivity index (χ2v) is 4.12. The molecule has 1 saturated heterocycles. The summed E-state index contributed by atoms with van der Waals surface area (Å²) in [5.41, 5.74) is 0.970. The number of halogens is 1. The second-order valence-electron chi connectivity index (χ2n) is 4.12. The highest BCUT2D eigenvalue weighted by molar-refractivity contribution is 5.85. The summed E-state index contributed by atoms with van der Waals surface area (Å²) >= 11 is 0. The summed E-state index contributed by atoms with van der Waals surface area (Å²) in [5.74, 6) is 0.979. The maximum absolute atomic E-state index is 4.21. The van der Waals surface area contributed by atoms with Crippen LogP contribution in [-0.2, 0) is 0 Å². The molecule has 2 rings (SSSR count). The van der Waals surface area contributed by atoms with Crippen molar-refractivity contribution in [3.05, 3.63) is 17.8 Å². The number of aromatic nitrogens is 2. The number of rotatable bonds is 2. The quantitative estimate of drug-likeness (QED) is 0.851. The van der Waals surface area contributed by atoms with Crippen molar-refractivity contribution in [2.75, 3.05) is 25.0 Å². The first-order valence-electron chi connectivity index (χ1n) is 5.51. The van der Waals surface area contributed by atoms with E-state index in [1.165, 1.54) is 12.8 Å². The minimum Gasteiger partial charge on any atom is -0.355 e. The van der Waals surface area contributed by atoms with Gasteiger partial charge < -0.3 is 10.2 Å². The molecular formula is C11H19ClN4. The van der Waals surface area contributed by atoms with Gasteiger partial charge in [-0.2, -0.15) is 5.10 Å². The van der Waals surface area contributed by atoms with Crippen molar-refractivity contribution in [1.29, 1.82) is 0 Å². The average molecular weight is 243 g/mol. The van der Waals surface area contributed by atoms with E-state index >= 15 is 0 Å². The Bertz CT molecular complexity index is 308. The first-order valence-corrected chi connectivity index (χ1v) is 5.51. The van der Waals surface area contributed by atoms with E-state index in [0.29, 0.717) is 6.04 Å². The highest BCUT2D eigenvalue weighted by atomic mass is 35.5. The Labute approximate surface area is 103 Å². The van der Waals surface area contributed by atoms with Crippen LogP contribution >= 0.6 is 12.4 Å². The summed E-state index contributed by atoms with van der Waals surface area (Å²) in [6.45, 7) is 4.17. The van der Waals surface area contributed by atoms with E-state index < -0.39 is 0 Å². The van der Waals surface area contributed by atoms with Crippen molar-refractivity contribution in [3.63, 3.8) is 0 Å². The third-order valence-corrected chi connectivity index (χ3v) is 3.00. The summed E-state index contributed by atoms with van der Waals surface area (Å²) < 4.78 is 0. The van der Waals surface area contributed by atoms with E-state index in [0.717, 1.165) is 24.6 Å². The second kappa shape index (κ2) is 6.01. The summed E-state index contributed by atoms with van der Waals surface area (Å²) in [5, 5.41) is 11.7. The van der Waals surface area contributed by atoms with Gasteiger partial charge in [0.2, 0.25) is 0 Å². The van der Waals surface area contributed by atoms with E-state index in [2.05, 4.69) is 27.5 Å². The molecular weight excluding hydrogens is 224 g/mol. The predicted octanol–water partition coefficient (Wildman–Crippen LogP) is 1.40. The largest absolute Gasteiger partial charge is 0.355 e. The molecule has 0 bridgehead atoms. The van der Waals surface area contributed by atoms with Crippen LogP contribution in [0.4, 0.5) is 5.82 Å². The Balaban J connectivity index is 0.00000128. The highest BCUT2D eigenvalue weighted by Gasteiger charge is 2.18. The first-order chi connectivity index (χ1) is 7.27. The van der Waals surface area contributed by atoms with E-state index in [1.807, 2.05) is 19.1 Å². The number of aryl methyl sites for hydroxylation is 1.